The third-order valence-electron chi connectivity index (χ3n) is 2.75. The topological polar surface area (TPSA) is 106 Å². The number of hydrogen-bond acceptors (Lipinski definition) is 6. The summed E-state index contributed by atoms with van der Waals surface area (Å²) in [5.74, 6) is -1.04. The molecule has 2 rings (SSSR count). The van der Waals surface area contributed by atoms with Crippen molar-refractivity contribution in [2.75, 3.05) is 5.73 Å². The Morgan fingerprint density at radius 2 is 2.05 bits per heavy atom. The lowest BCUT2D eigenvalue weighted by molar-refractivity contribution is -0.380. The molecule has 3 N–H and O–H groups in total. The van der Waals surface area contributed by atoms with Gasteiger partial charge in [0.05, 0.1) is 20.4 Å². The van der Waals surface area contributed by atoms with E-state index in [1.165, 1.54) is 6.07 Å². The van der Waals surface area contributed by atoms with Crippen molar-refractivity contribution in [1.29, 1.82) is 0 Å². The van der Waals surface area contributed by atoms with Crippen LogP contribution in [0.2, 0.25) is 0 Å². The molecule has 0 aliphatic rings. The van der Waals surface area contributed by atoms with E-state index >= 15 is 0 Å². The molecule has 0 bridgehead atoms. The number of nitrogen functional groups attached to an aromatic ring is 1. The molecular weight excluding hydrogens is 300 g/mol. The number of thiophene rings is 2. The molecule has 0 aliphatic heterocycles. The number of carboxylic acids is 1. The molecule has 0 saturated carbocycles. The maximum Gasteiger partial charge on any atom is 0.348 e. The molecular formula is C12H12N2O4S2. The second-order valence-electron chi connectivity index (χ2n) is 4.44. The predicted molar refractivity (Wildman–Crippen MR) is 79.7 cm³/mol. The number of nitrogens with two attached hydrogens (primary N) is 1. The zero-order valence-corrected chi connectivity index (χ0v) is 12.4. The lowest BCUT2D eigenvalue weighted by atomic mass is 10.0. The van der Waals surface area contributed by atoms with Gasteiger partial charge in [0.1, 0.15) is 4.88 Å². The van der Waals surface area contributed by atoms with E-state index in [-0.39, 0.29) is 21.5 Å². The summed E-state index contributed by atoms with van der Waals surface area (Å²) in [6, 6.07) is 3.05. The molecule has 106 valence electrons. The first kappa shape index (κ1) is 14.5. The fourth-order valence-corrected chi connectivity index (χ4v) is 4.08. The van der Waals surface area contributed by atoms with E-state index in [4.69, 9.17) is 10.8 Å². The molecule has 0 unspecified atom stereocenters. The molecule has 0 radical (unpaired) electrons. The second-order valence-corrected chi connectivity index (χ2v) is 6.53. The third-order valence-corrected chi connectivity index (χ3v) is 5.18. The predicted octanol–water partition coefficient (Wildman–Crippen LogP) is 3.79. The maximum absolute atomic E-state index is 11.2. The average molecular weight is 312 g/mol. The molecule has 0 aliphatic carbocycles. The van der Waals surface area contributed by atoms with Crippen LogP contribution in [0.15, 0.2) is 12.1 Å². The highest BCUT2D eigenvalue weighted by Gasteiger charge is 2.25. The van der Waals surface area contributed by atoms with Crippen LogP contribution in [0.5, 0.6) is 0 Å². The SMILES string of the molecule is CC(C)c1c(-c2ccc([N+](=O)[O-])s2)sc(C(=O)O)c1N. The van der Waals surface area contributed by atoms with Crippen molar-refractivity contribution in [3.05, 3.63) is 32.7 Å². The number of nitro groups is 1. The van der Waals surface area contributed by atoms with Crippen LogP contribution < -0.4 is 5.73 Å². The summed E-state index contributed by atoms with van der Waals surface area (Å²) >= 11 is 2.09. The number of aromatic carboxylic acids is 1. The first-order valence-electron chi connectivity index (χ1n) is 5.73. The van der Waals surface area contributed by atoms with Gasteiger partial charge in [-0.3, -0.25) is 10.1 Å². The van der Waals surface area contributed by atoms with E-state index in [9.17, 15) is 14.9 Å². The minimum Gasteiger partial charge on any atom is -0.477 e. The number of carboxylic acid groups (broad SMARTS) is 1. The number of rotatable bonds is 4. The summed E-state index contributed by atoms with van der Waals surface area (Å²) < 4.78 is 0. The molecule has 20 heavy (non-hydrogen) atoms. The van der Waals surface area contributed by atoms with Crippen LogP contribution in [0.1, 0.15) is 35.0 Å². The van der Waals surface area contributed by atoms with Crippen molar-refractivity contribution < 1.29 is 14.8 Å². The average Bonchev–Trinajstić information content (AvgIpc) is 2.92. The summed E-state index contributed by atoms with van der Waals surface area (Å²) in [6.45, 7) is 3.82. The molecule has 2 aromatic heterocycles. The molecule has 2 heterocycles. The summed E-state index contributed by atoms with van der Waals surface area (Å²) in [5, 5.41) is 19.9. The first-order valence-corrected chi connectivity index (χ1v) is 7.36. The highest BCUT2D eigenvalue weighted by atomic mass is 32.1. The van der Waals surface area contributed by atoms with Gasteiger partial charge in [0.25, 0.3) is 0 Å². The van der Waals surface area contributed by atoms with Crippen LogP contribution in [0, 0.1) is 10.1 Å². The van der Waals surface area contributed by atoms with Crippen LogP contribution in [-0.4, -0.2) is 16.0 Å². The van der Waals surface area contributed by atoms with E-state index in [1.54, 1.807) is 6.07 Å². The second kappa shape index (κ2) is 5.22. The van der Waals surface area contributed by atoms with Gasteiger partial charge in [0.2, 0.25) is 0 Å². The van der Waals surface area contributed by atoms with Gasteiger partial charge >= 0.3 is 11.0 Å². The van der Waals surface area contributed by atoms with Crippen LogP contribution >= 0.6 is 22.7 Å². The van der Waals surface area contributed by atoms with Crippen molar-refractivity contribution in [3.8, 4) is 9.75 Å². The molecule has 0 fully saturated rings. The minimum absolute atomic E-state index is 0.0264. The lowest BCUT2D eigenvalue weighted by Gasteiger charge is -2.07. The van der Waals surface area contributed by atoms with E-state index < -0.39 is 10.9 Å². The van der Waals surface area contributed by atoms with Gasteiger partial charge in [-0.15, -0.1) is 11.3 Å². The van der Waals surface area contributed by atoms with Gasteiger partial charge < -0.3 is 10.8 Å². The number of carbonyl (C=O) groups is 1. The normalized spacial score (nSPS) is 10.9. The van der Waals surface area contributed by atoms with Crippen LogP contribution in [0.4, 0.5) is 10.7 Å². The van der Waals surface area contributed by atoms with Gasteiger partial charge in [-0.05, 0) is 17.5 Å². The standard InChI is InChI=1S/C12H12N2O4S2/c1-5(2)8-9(13)11(12(15)16)20-10(8)6-3-4-7(19-6)14(17)18/h3-5H,13H2,1-2H3,(H,15,16). The summed E-state index contributed by atoms with van der Waals surface area (Å²) in [4.78, 5) is 22.9. The lowest BCUT2D eigenvalue weighted by Crippen LogP contribution is -2.00. The Kier molecular flexibility index (Phi) is 3.78. The van der Waals surface area contributed by atoms with Crippen LogP contribution in [0.25, 0.3) is 9.75 Å². The quantitative estimate of drug-likeness (QED) is 0.660. The number of anilines is 1. The summed E-state index contributed by atoms with van der Waals surface area (Å²) in [5.41, 5.74) is 6.90. The van der Waals surface area contributed by atoms with Crippen molar-refractivity contribution in [3.63, 3.8) is 0 Å². The highest BCUT2D eigenvalue weighted by Crippen LogP contribution is 2.45. The highest BCUT2D eigenvalue weighted by molar-refractivity contribution is 7.24. The van der Waals surface area contributed by atoms with E-state index in [1.807, 2.05) is 13.8 Å². The Labute approximate surface area is 122 Å². The zero-order chi connectivity index (χ0) is 15.0. The Morgan fingerprint density at radius 1 is 1.40 bits per heavy atom. The Bertz CT molecular complexity index is 688. The number of nitrogens with zero attached hydrogens (tertiary/aromatic N) is 1. The zero-order valence-electron chi connectivity index (χ0n) is 10.7. The monoisotopic (exact) mass is 312 g/mol. The smallest absolute Gasteiger partial charge is 0.348 e. The van der Waals surface area contributed by atoms with Crippen LogP contribution in [-0.2, 0) is 0 Å². The van der Waals surface area contributed by atoms with Gasteiger partial charge in [-0.1, -0.05) is 25.2 Å². The molecule has 0 saturated heterocycles. The van der Waals surface area contributed by atoms with E-state index in [2.05, 4.69) is 0 Å². The van der Waals surface area contributed by atoms with Crippen LogP contribution in [0.3, 0.4) is 0 Å². The largest absolute Gasteiger partial charge is 0.477 e. The fourth-order valence-electron chi connectivity index (χ4n) is 1.92. The summed E-state index contributed by atoms with van der Waals surface area (Å²) in [6.07, 6.45) is 0. The summed E-state index contributed by atoms with van der Waals surface area (Å²) in [7, 11) is 0. The Balaban J connectivity index is 2.62. The Morgan fingerprint density at radius 3 is 2.50 bits per heavy atom. The molecule has 2 aromatic rings. The van der Waals surface area contributed by atoms with Crippen molar-refractivity contribution in [1.82, 2.24) is 0 Å². The maximum atomic E-state index is 11.2. The molecule has 0 spiro atoms. The van der Waals surface area contributed by atoms with Crippen molar-refractivity contribution in [2.45, 2.75) is 19.8 Å². The van der Waals surface area contributed by atoms with Gasteiger partial charge in [0.15, 0.2) is 0 Å². The van der Waals surface area contributed by atoms with Gasteiger partial charge in [0, 0.05) is 6.07 Å². The fraction of sp³-hybridized carbons (Fsp3) is 0.250. The van der Waals surface area contributed by atoms with Gasteiger partial charge in [-0.2, -0.15) is 0 Å². The van der Waals surface area contributed by atoms with Gasteiger partial charge in [-0.25, -0.2) is 4.79 Å². The minimum atomic E-state index is -1.08. The molecule has 6 nitrogen and oxygen atoms in total. The molecule has 8 heteroatoms. The van der Waals surface area contributed by atoms with E-state index in [0.29, 0.717) is 9.75 Å². The molecule has 0 aromatic carbocycles. The van der Waals surface area contributed by atoms with Crippen molar-refractivity contribution >= 4 is 39.3 Å². The first-order chi connectivity index (χ1) is 9.32. The molecule has 0 atom stereocenters. The number of hydrogen-bond donors (Lipinski definition) is 2. The third kappa shape index (κ3) is 2.39. The van der Waals surface area contributed by atoms with Crippen molar-refractivity contribution in [2.24, 2.45) is 0 Å². The van der Waals surface area contributed by atoms with E-state index in [0.717, 1.165) is 28.2 Å². The molecule has 0 amide bonds. The Hall–Kier alpha value is -1.93.